The first-order valence-electron chi connectivity index (χ1n) is 8.22. The van der Waals surface area contributed by atoms with Crippen LogP contribution in [0.25, 0.3) is 0 Å². The molecule has 0 saturated heterocycles. The Morgan fingerprint density at radius 2 is 2.00 bits per heavy atom. The van der Waals surface area contributed by atoms with E-state index in [1.54, 1.807) is 12.1 Å². The van der Waals surface area contributed by atoms with Crippen LogP contribution in [-0.2, 0) is 10.0 Å². The fourth-order valence-electron chi connectivity index (χ4n) is 2.38. The number of hydrogen-bond donors (Lipinski definition) is 2. The molecule has 0 aliphatic carbocycles. The van der Waals surface area contributed by atoms with E-state index in [1.807, 2.05) is 0 Å². The number of rotatable bonds is 8. The summed E-state index contributed by atoms with van der Waals surface area (Å²) in [5.41, 5.74) is 0. The van der Waals surface area contributed by atoms with E-state index < -0.39 is 10.0 Å². The summed E-state index contributed by atoms with van der Waals surface area (Å²) in [7, 11) is -2.11. The third-order valence-electron chi connectivity index (χ3n) is 3.83. The van der Waals surface area contributed by atoms with E-state index in [4.69, 9.17) is 4.74 Å². The van der Waals surface area contributed by atoms with E-state index in [9.17, 15) is 8.42 Å². The number of guanidine groups is 1. The first kappa shape index (κ1) is 18.5. The van der Waals surface area contributed by atoms with E-state index >= 15 is 0 Å². The van der Waals surface area contributed by atoms with E-state index in [2.05, 4.69) is 26.9 Å². The van der Waals surface area contributed by atoms with E-state index in [0.29, 0.717) is 19.1 Å². The van der Waals surface area contributed by atoms with Crippen LogP contribution in [-0.4, -0.2) is 46.3 Å². The zero-order valence-corrected chi connectivity index (χ0v) is 15.1. The number of sulfonamides is 1. The van der Waals surface area contributed by atoms with Crippen molar-refractivity contribution in [2.24, 2.45) is 4.99 Å². The quantitative estimate of drug-likeness (QED) is 0.695. The predicted octanol–water partition coefficient (Wildman–Crippen LogP) is 1.73. The Balaban J connectivity index is 1.87. The molecule has 2 rings (SSSR count). The summed E-state index contributed by atoms with van der Waals surface area (Å²) in [5.74, 6) is 0.899. The Morgan fingerprint density at radius 1 is 1.25 bits per heavy atom. The maximum atomic E-state index is 12.3. The topological polar surface area (TPSA) is 83.0 Å². The molecule has 1 aromatic rings. The number of unbranched alkanes of at least 4 members (excludes halogenated alkanes) is 3. The Kier molecular flexibility index (Phi) is 6.86. The molecule has 0 saturated carbocycles. The highest BCUT2D eigenvalue weighted by molar-refractivity contribution is 7.90. The molecule has 2 N–H and O–H groups in total. The Hall–Kier alpha value is -1.80. The van der Waals surface area contributed by atoms with Crippen molar-refractivity contribution in [1.29, 1.82) is 0 Å². The van der Waals surface area contributed by atoms with Gasteiger partial charge in [0, 0.05) is 6.54 Å². The second-order valence-electron chi connectivity index (χ2n) is 5.72. The summed E-state index contributed by atoms with van der Waals surface area (Å²) in [5, 5.41) is 3.02. The van der Waals surface area contributed by atoms with Gasteiger partial charge >= 0.3 is 0 Å². The zero-order chi connectivity index (χ0) is 17.4. The molecule has 1 aliphatic rings. The lowest BCUT2D eigenvalue weighted by molar-refractivity contribution is 0.257. The Bertz CT molecular complexity index is 644. The molecular formula is C16H26N4O3S. The van der Waals surface area contributed by atoms with Gasteiger partial charge in [-0.05, 0) is 30.7 Å². The van der Waals surface area contributed by atoms with Crippen LogP contribution < -0.4 is 14.8 Å². The third-order valence-corrected chi connectivity index (χ3v) is 5.18. The van der Waals surface area contributed by atoms with Crippen LogP contribution >= 0.6 is 0 Å². The Morgan fingerprint density at radius 3 is 2.58 bits per heavy atom. The highest BCUT2D eigenvalue weighted by Gasteiger charge is 2.19. The largest absolute Gasteiger partial charge is 0.497 e. The molecule has 0 radical (unpaired) electrons. The van der Waals surface area contributed by atoms with Crippen molar-refractivity contribution in [3.63, 3.8) is 0 Å². The van der Waals surface area contributed by atoms with Gasteiger partial charge in [-0.3, -0.25) is 4.90 Å². The van der Waals surface area contributed by atoms with Gasteiger partial charge in [0.05, 0.1) is 25.3 Å². The molecule has 0 fully saturated rings. The molecule has 0 atom stereocenters. The predicted molar refractivity (Wildman–Crippen MR) is 94.5 cm³/mol. The smallest absolute Gasteiger partial charge is 0.264 e. The second-order valence-corrected chi connectivity index (χ2v) is 7.40. The number of aliphatic imine (C=N–C) groups is 1. The van der Waals surface area contributed by atoms with Crippen molar-refractivity contribution in [2.45, 2.75) is 37.5 Å². The average Bonchev–Trinajstić information content (AvgIpc) is 2.60. The van der Waals surface area contributed by atoms with Gasteiger partial charge in [-0.2, -0.15) is 0 Å². The monoisotopic (exact) mass is 354 g/mol. The molecule has 1 heterocycles. The number of hydrogen-bond acceptors (Lipinski definition) is 6. The van der Waals surface area contributed by atoms with Crippen LogP contribution in [0.4, 0.5) is 0 Å². The highest BCUT2D eigenvalue weighted by atomic mass is 32.2. The number of ether oxygens (including phenoxy) is 1. The van der Waals surface area contributed by atoms with Crippen molar-refractivity contribution in [3.05, 3.63) is 24.3 Å². The van der Waals surface area contributed by atoms with Gasteiger partial charge in [-0.15, -0.1) is 0 Å². The van der Waals surface area contributed by atoms with Crippen LogP contribution in [0.3, 0.4) is 0 Å². The average molecular weight is 354 g/mol. The minimum absolute atomic E-state index is 0.176. The molecule has 1 aromatic carbocycles. The van der Waals surface area contributed by atoms with Crippen molar-refractivity contribution in [2.75, 3.05) is 27.0 Å². The summed E-state index contributed by atoms with van der Waals surface area (Å²) in [6, 6.07) is 6.24. The SMILES string of the molecule is CCCCCCN1CN=C(NS(=O)(=O)c2ccc(OC)cc2)NC1. The number of nitrogens with one attached hydrogen (secondary N) is 2. The summed E-state index contributed by atoms with van der Waals surface area (Å²) in [6.45, 7) is 4.25. The van der Waals surface area contributed by atoms with Crippen molar-refractivity contribution in [3.8, 4) is 5.75 Å². The number of benzene rings is 1. The Labute approximate surface area is 144 Å². The normalized spacial score (nSPS) is 15.5. The molecule has 0 unspecified atom stereocenters. The van der Waals surface area contributed by atoms with Crippen LogP contribution in [0.5, 0.6) is 5.75 Å². The lowest BCUT2D eigenvalue weighted by Gasteiger charge is -2.26. The first-order chi connectivity index (χ1) is 11.5. The van der Waals surface area contributed by atoms with Gasteiger partial charge in [0.15, 0.2) is 0 Å². The molecule has 7 nitrogen and oxygen atoms in total. The fourth-order valence-corrected chi connectivity index (χ4v) is 3.39. The summed E-state index contributed by atoms with van der Waals surface area (Å²) in [6.07, 6.45) is 4.82. The van der Waals surface area contributed by atoms with Gasteiger partial charge in [-0.1, -0.05) is 26.2 Å². The summed E-state index contributed by atoms with van der Waals surface area (Å²) < 4.78 is 32.2. The lowest BCUT2D eigenvalue weighted by Crippen LogP contribution is -2.50. The standard InChI is InChI=1S/C16H26N4O3S/c1-3-4-5-6-11-20-12-17-16(18-13-20)19-24(21,22)15-9-7-14(23-2)8-10-15/h7-10H,3-6,11-13H2,1-2H3,(H2,17,18,19). The second kappa shape index (κ2) is 8.89. The molecule has 8 heteroatoms. The molecule has 1 aliphatic heterocycles. The van der Waals surface area contributed by atoms with Crippen LogP contribution in [0.1, 0.15) is 32.6 Å². The van der Waals surface area contributed by atoms with Crippen LogP contribution in [0.2, 0.25) is 0 Å². The third kappa shape index (κ3) is 5.38. The van der Waals surface area contributed by atoms with Crippen molar-refractivity contribution in [1.82, 2.24) is 14.9 Å². The minimum atomic E-state index is -3.64. The minimum Gasteiger partial charge on any atom is -0.497 e. The molecule has 0 spiro atoms. The molecule has 0 bridgehead atoms. The highest BCUT2D eigenvalue weighted by Crippen LogP contribution is 2.15. The van der Waals surface area contributed by atoms with Crippen LogP contribution in [0, 0.1) is 0 Å². The van der Waals surface area contributed by atoms with E-state index in [0.717, 1.165) is 13.0 Å². The van der Waals surface area contributed by atoms with Gasteiger partial charge in [0.2, 0.25) is 5.96 Å². The summed E-state index contributed by atoms with van der Waals surface area (Å²) in [4.78, 5) is 6.60. The van der Waals surface area contributed by atoms with E-state index in [1.165, 1.54) is 38.5 Å². The van der Waals surface area contributed by atoms with Crippen molar-refractivity contribution < 1.29 is 13.2 Å². The number of methoxy groups -OCH3 is 1. The first-order valence-corrected chi connectivity index (χ1v) is 9.71. The zero-order valence-electron chi connectivity index (χ0n) is 14.3. The maximum Gasteiger partial charge on any atom is 0.264 e. The van der Waals surface area contributed by atoms with Gasteiger partial charge in [0.1, 0.15) is 5.75 Å². The molecule has 0 amide bonds. The van der Waals surface area contributed by atoms with Crippen molar-refractivity contribution >= 4 is 16.0 Å². The number of nitrogens with zero attached hydrogens (tertiary/aromatic N) is 2. The molecular weight excluding hydrogens is 328 g/mol. The maximum absolute atomic E-state index is 12.3. The van der Waals surface area contributed by atoms with Gasteiger partial charge in [-0.25, -0.2) is 18.1 Å². The van der Waals surface area contributed by atoms with Gasteiger partial charge in [0.25, 0.3) is 10.0 Å². The molecule has 134 valence electrons. The van der Waals surface area contributed by atoms with Crippen LogP contribution in [0.15, 0.2) is 34.2 Å². The summed E-state index contributed by atoms with van der Waals surface area (Å²) >= 11 is 0. The van der Waals surface area contributed by atoms with Gasteiger partial charge < -0.3 is 10.1 Å². The molecule has 0 aromatic heterocycles. The fraction of sp³-hybridized carbons (Fsp3) is 0.562. The van der Waals surface area contributed by atoms with E-state index in [-0.39, 0.29) is 10.9 Å². The molecule has 24 heavy (non-hydrogen) atoms. The lowest BCUT2D eigenvalue weighted by atomic mass is 10.2.